The summed E-state index contributed by atoms with van der Waals surface area (Å²) in [5.41, 5.74) is 0.996. The van der Waals surface area contributed by atoms with E-state index in [2.05, 4.69) is 20.4 Å². The highest BCUT2D eigenvalue weighted by Gasteiger charge is 2.78. The monoisotopic (exact) mass is 316 g/mol. The lowest BCUT2D eigenvalue weighted by atomic mass is 9.44. The Labute approximate surface area is 138 Å². The Morgan fingerprint density at radius 2 is 1.96 bits per heavy atom. The van der Waals surface area contributed by atoms with E-state index in [4.69, 9.17) is 4.74 Å². The number of fused-ring (bicyclic) bond motifs is 4. The maximum absolute atomic E-state index is 12.2. The fourth-order valence-corrected chi connectivity index (χ4v) is 7.48. The van der Waals surface area contributed by atoms with E-state index in [9.17, 15) is 9.90 Å². The molecule has 0 bridgehead atoms. The largest absolute Gasteiger partial charge is 0.393 e. The highest BCUT2D eigenvalue weighted by Crippen LogP contribution is 2.73. The average Bonchev–Trinajstić information content (AvgIpc) is 3.21. The minimum atomic E-state index is -0.339. The van der Waals surface area contributed by atoms with Crippen LogP contribution in [0.3, 0.4) is 0 Å². The molecule has 1 saturated heterocycles. The van der Waals surface area contributed by atoms with Gasteiger partial charge in [-0.25, -0.2) is 0 Å². The summed E-state index contributed by atoms with van der Waals surface area (Å²) in [6.45, 7) is 9.08. The molecule has 0 aromatic rings. The summed E-state index contributed by atoms with van der Waals surface area (Å²) in [6.07, 6.45) is 6.69. The van der Waals surface area contributed by atoms with Gasteiger partial charge in [0.15, 0.2) is 11.9 Å². The summed E-state index contributed by atoms with van der Waals surface area (Å²) in [7, 11) is 0. The van der Waals surface area contributed by atoms with Crippen LogP contribution in [-0.2, 0) is 9.53 Å². The fourth-order valence-electron chi connectivity index (χ4n) is 7.48. The van der Waals surface area contributed by atoms with Crippen molar-refractivity contribution in [3.8, 4) is 0 Å². The zero-order valence-corrected chi connectivity index (χ0v) is 14.3. The minimum Gasteiger partial charge on any atom is -0.393 e. The van der Waals surface area contributed by atoms with E-state index in [1.165, 1.54) is 12.0 Å². The molecule has 2 unspecified atom stereocenters. The van der Waals surface area contributed by atoms with Crippen molar-refractivity contribution >= 4 is 5.78 Å². The van der Waals surface area contributed by atoms with Crippen LogP contribution in [0.4, 0.5) is 0 Å². The van der Waals surface area contributed by atoms with Gasteiger partial charge in [-0.3, -0.25) is 4.79 Å². The van der Waals surface area contributed by atoms with Crippen LogP contribution in [0.25, 0.3) is 0 Å². The normalized spacial score (nSPS) is 60.6. The molecule has 0 aromatic heterocycles. The summed E-state index contributed by atoms with van der Waals surface area (Å²) in [4.78, 5) is 12.2. The first-order valence-corrected chi connectivity index (χ1v) is 9.41. The molecule has 23 heavy (non-hydrogen) atoms. The number of Topliss-reactive ketones (excluding diaryl/α,β-unsaturated/α-hetero) is 1. The van der Waals surface area contributed by atoms with Gasteiger partial charge in [0.2, 0.25) is 0 Å². The number of epoxide rings is 1. The third kappa shape index (κ3) is 1.44. The van der Waals surface area contributed by atoms with Gasteiger partial charge in [-0.15, -0.1) is 0 Å². The Kier molecular flexibility index (Phi) is 2.62. The second kappa shape index (κ2) is 4.11. The number of ketones is 1. The van der Waals surface area contributed by atoms with Crippen LogP contribution < -0.4 is 0 Å². The number of ether oxygens (including phenoxy) is 1. The summed E-state index contributed by atoms with van der Waals surface area (Å²) >= 11 is 0. The third-order valence-corrected chi connectivity index (χ3v) is 8.86. The zero-order chi connectivity index (χ0) is 16.2. The first-order valence-electron chi connectivity index (χ1n) is 9.41. The number of aliphatic hydroxyl groups is 1. The van der Waals surface area contributed by atoms with Gasteiger partial charge in [0.1, 0.15) is 5.60 Å². The molecule has 1 N–H and O–H groups in total. The number of rotatable bonds is 0. The minimum absolute atomic E-state index is 0.0699. The van der Waals surface area contributed by atoms with E-state index in [1.54, 1.807) is 0 Å². The molecular weight excluding hydrogens is 288 g/mol. The van der Waals surface area contributed by atoms with E-state index >= 15 is 0 Å². The predicted octanol–water partition coefficient (Wildman–Crippen LogP) is 3.26. The van der Waals surface area contributed by atoms with Crippen LogP contribution in [0.5, 0.6) is 0 Å². The molecule has 4 saturated carbocycles. The molecule has 0 aromatic carbocycles. The SMILES string of the molecule is C=C1C[C@H]2[C@@H]3CC[C@H](O)[C@@]3(C)CC[C@@H]2[C@@]2(C)CCC(=O)C3OC132. The van der Waals surface area contributed by atoms with Crippen molar-refractivity contribution in [1.29, 1.82) is 0 Å². The van der Waals surface area contributed by atoms with Crippen molar-refractivity contribution in [2.75, 3.05) is 0 Å². The Hall–Kier alpha value is -0.670. The number of carbonyl (C=O) groups is 1. The van der Waals surface area contributed by atoms with Crippen LogP contribution in [0, 0.1) is 28.6 Å². The Morgan fingerprint density at radius 1 is 1.17 bits per heavy atom. The highest BCUT2D eigenvalue weighted by molar-refractivity contribution is 5.90. The molecule has 1 heterocycles. The topological polar surface area (TPSA) is 49.8 Å². The molecule has 126 valence electrons. The standard InChI is InChI=1S/C20H28O3/c1-11-10-12-13-4-5-16(22)18(13,2)8-6-14(12)19(3)9-7-15(21)17-20(11,19)23-17/h12-14,16-17,22H,1,4-10H2,2-3H3/t12-,13-,14-,16-,17?,18-,19+,20?/m0/s1. The lowest BCUT2D eigenvalue weighted by molar-refractivity contribution is -0.127. The maximum Gasteiger partial charge on any atom is 0.164 e. The van der Waals surface area contributed by atoms with E-state index in [-0.39, 0.29) is 28.6 Å². The number of hydrogen-bond acceptors (Lipinski definition) is 3. The third-order valence-electron chi connectivity index (χ3n) is 8.86. The van der Waals surface area contributed by atoms with Crippen molar-refractivity contribution in [2.45, 2.75) is 76.6 Å². The number of hydrogen-bond donors (Lipinski definition) is 1. The summed E-state index contributed by atoms with van der Waals surface area (Å²) in [5, 5.41) is 10.5. The molecule has 5 fully saturated rings. The van der Waals surface area contributed by atoms with E-state index in [0.717, 1.165) is 32.1 Å². The van der Waals surface area contributed by atoms with Crippen LogP contribution in [0.2, 0.25) is 0 Å². The summed E-state index contributed by atoms with van der Waals surface area (Å²) < 4.78 is 6.11. The average molecular weight is 316 g/mol. The molecule has 3 heteroatoms. The quantitative estimate of drug-likeness (QED) is 0.551. The van der Waals surface area contributed by atoms with E-state index in [1.807, 2.05) is 0 Å². The second-order valence-corrected chi connectivity index (χ2v) is 9.44. The summed E-state index contributed by atoms with van der Waals surface area (Å²) in [6, 6.07) is 0. The molecule has 5 aliphatic rings. The van der Waals surface area contributed by atoms with Crippen molar-refractivity contribution in [3.05, 3.63) is 12.2 Å². The van der Waals surface area contributed by atoms with Crippen molar-refractivity contribution < 1.29 is 14.6 Å². The van der Waals surface area contributed by atoms with Gasteiger partial charge in [0, 0.05) is 11.8 Å². The Balaban J connectivity index is 1.56. The van der Waals surface area contributed by atoms with Gasteiger partial charge in [-0.2, -0.15) is 0 Å². The van der Waals surface area contributed by atoms with Crippen molar-refractivity contribution in [1.82, 2.24) is 0 Å². The first kappa shape index (κ1) is 14.7. The smallest absolute Gasteiger partial charge is 0.164 e. The van der Waals surface area contributed by atoms with Gasteiger partial charge in [-0.05, 0) is 67.3 Å². The zero-order valence-electron chi connectivity index (χ0n) is 14.3. The number of aliphatic hydroxyl groups excluding tert-OH is 1. The fraction of sp³-hybridized carbons (Fsp3) is 0.850. The van der Waals surface area contributed by atoms with Crippen LogP contribution in [0.15, 0.2) is 12.2 Å². The van der Waals surface area contributed by atoms with Gasteiger partial charge < -0.3 is 9.84 Å². The summed E-state index contributed by atoms with van der Waals surface area (Å²) in [5.74, 6) is 2.14. The van der Waals surface area contributed by atoms with Gasteiger partial charge in [0.05, 0.1) is 6.10 Å². The molecule has 0 radical (unpaired) electrons. The first-order chi connectivity index (χ1) is 10.8. The highest BCUT2D eigenvalue weighted by atomic mass is 16.6. The molecule has 0 amide bonds. The van der Waals surface area contributed by atoms with Crippen molar-refractivity contribution in [3.63, 3.8) is 0 Å². The molecule has 3 nitrogen and oxygen atoms in total. The Morgan fingerprint density at radius 3 is 2.74 bits per heavy atom. The van der Waals surface area contributed by atoms with Crippen molar-refractivity contribution in [2.24, 2.45) is 28.6 Å². The molecule has 4 aliphatic carbocycles. The van der Waals surface area contributed by atoms with Gasteiger partial charge in [0.25, 0.3) is 0 Å². The molecule has 8 atom stereocenters. The maximum atomic E-state index is 12.2. The Bertz CT molecular complexity index is 612. The van der Waals surface area contributed by atoms with E-state index in [0.29, 0.717) is 30.0 Å². The molecular formula is C20H28O3. The second-order valence-electron chi connectivity index (χ2n) is 9.44. The molecule has 1 aliphatic heterocycles. The van der Waals surface area contributed by atoms with Gasteiger partial charge >= 0.3 is 0 Å². The van der Waals surface area contributed by atoms with Crippen LogP contribution in [-0.4, -0.2) is 28.7 Å². The molecule has 1 spiro atoms. The van der Waals surface area contributed by atoms with Crippen LogP contribution in [0.1, 0.15) is 58.8 Å². The number of carbonyl (C=O) groups excluding carboxylic acids is 1. The van der Waals surface area contributed by atoms with E-state index < -0.39 is 0 Å². The predicted molar refractivity (Wildman–Crippen MR) is 86.8 cm³/mol. The molecule has 5 rings (SSSR count). The lowest BCUT2D eigenvalue weighted by Crippen LogP contribution is -2.59. The van der Waals surface area contributed by atoms with Crippen LogP contribution >= 0.6 is 0 Å². The van der Waals surface area contributed by atoms with Gasteiger partial charge in [-0.1, -0.05) is 20.4 Å². The lowest BCUT2D eigenvalue weighted by Gasteiger charge is -2.59.